The fourth-order valence-electron chi connectivity index (χ4n) is 4.25. The quantitative estimate of drug-likeness (QED) is 0.664. The lowest BCUT2D eigenvalue weighted by Crippen LogP contribution is -2.48. The second kappa shape index (κ2) is 9.52. The number of hydrogen-bond donors (Lipinski definition) is 2. The first kappa shape index (κ1) is 22.0. The number of primary amides is 1. The molecule has 32 heavy (non-hydrogen) atoms. The normalized spacial score (nSPS) is 18.1. The second-order valence-electron chi connectivity index (χ2n) is 8.36. The minimum absolute atomic E-state index is 0.329. The summed E-state index contributed by atoms with van der Waals surface area (Å²) in [4.78, 5) is 35.8. The van der Waals surface area contributed by atoms with E-state index in [2.05, 4.69) is 20.2 Å². The van der Waals surface area contributed by atoms with Gasteiger partial charge in [0, 0.05) is 18.8 Å². The molecule has 0 unspecified atom stereocenters. The number of carbonyl (C=O) groups excluding carboxylic acids is 2. The molecule has 1 aliphatic carbocycles. The Morgan fingerprint density at radius 3 is 2.44 bits per heavy atom. The zero-order chi connectivity index (χ0) is 22.6. The summed E-state index contributed by atoms with van der Waals surface area (Å²) >= 11 is 0. The Hall–Kier alpha value is -3.20. The zero-order valence-corrected chi connectivity index (χ0v) is 18.3. The molecule has 2 aromatic rings. The first-order valence-corrected chi connectivity index (χ1v) is 11.0. The molecule has 9 nitrogen and oxygen atoms in total. The van der Waals surface area contributed by atoms with E-state index in [-0.39, 0.29) is 5.91 Å². The highest BCUT2D eigenvalue weighted by Crippen LogP contribution is 2.37. The van der Waals surface area contributed by atoms with Crippen LogP contribution in [0.5, 0.6) is 11.5 Å². The number of amides is 2. The highest BCUT2D eigenvalue weighted by Gasteiger charge is 2.45. The summed E-state index contributed by atoms with van der Waals surface area (Å²) < 4.78 is 11.3. The van der Waals surface area contributed by atoms with Crippen LogP contribution in [-0.2, 0) is 14.3 Å². The Bertz CT molecular complexity index is 967. The largest absolute Gasteiger partial charge is 0.454 e. The van der Waals surface area contributed by atoms with E-state index in [0.717, 1.165) is 37.9 Å². The fourth-order valence-corrected chi connectivity index (χ4v) is 4.25. The van der Waals surface area contributed by atoms with E-state index in [9.17, 15) is 9.59 Å². The summed E-state index contributed by atoms with van der Waals surface area (Å²) in [6.07, 6.45) is 6.95. The zero-order valence-electron chi connectivity index (χ0n) is 18.3. The molecular formula is C23H29N5O4. The van der Waals surface area contributed by atoms with Crippen molar-refractivity contribution in [3.63, 3.8) is 0 Å². The summed E-state index contributed by atoms with van der Waals surface area (Å²) in [5, 5.41) is 2.87. The molecule has 3 N–H and O–H groups in total. The number of nitrogens with zero attached hydrogens (tertiary/aromatic N) is 3. The van der Waals surface area contributed by atoms with E-state index in [1.165, 1.54) is 0 Å². The molecule has 2 aliphatic rings. The molecule has 9 heteroatoms. The van der Waals surface area contributed by atoms with Crippen molar-refractivity contribution in [1.82, 2.24) is 9.97 Å². The lowest BCUT2D eigenvalue weighted by molar-refractivity contribution is -0.140. The maximum Gasteiger partial charge on any atom is 0.240 e. The Kier molecular flexibility index (Phi) is 6.55. The van der Waals surface area contributed by atoms with Gasteiger partial charge in [-0.2, -0.15) is 0 Å². The van der Waals surface area contributed by atoms with Crippen LogP contribution < -0.4 is 20.7 Å². The van der Waals surface area contributed by atoms with E-state index in [4.69, 9.17) is 15.2 Å². The molecule has 2 fully saturated rings. The molecule has 2 amide bonds. The first-order valence-electron chi connectivity index (χ1n) is 11.0. The van der Waals surface area contributed by atoms with E-state index in [0.29, 0.717) is 49.2 Å². The Balaban J connectivity index is 1.42. The molecule has 1 aliphatic heterocycles. The Morgan fingerprint density at radius 1 is 1.12 bits per heavy atom. The van der Waals surface area contributed by atoms with Gasteiger partial charge in [0.25, 0.3) is 0 Å². The predicted octanol–water partition coefficient (Wildman–Crippen LogP) is 2.79. The molecular weight excluding hydrogens is 410 g/mol. The average molecular weight is 440 g/mol. The number of nitrogens with two attached hydrogens (primary N) is 1. The number of rotatable bonds is 6. The van der Waals surface area contributed by atoms with Gasteiger partial charge in [-0.3, -0.25) is 9.59 Å². The van der Waals surface area contributed by atoms with Gasteiger partial charge < -0.3 is 25.4 Å². The number of benzene rings is 1. The number of carbonyl (C=O) groups is 2. The van der Waals surface area contributed by atoms with Crippen LogP contribution in [-0.4, -0.2) is 48.1 Å². The van der Waals surface area contributed by atoms with Crippen molar-refractivity contribution in [3.05, 3.63) is 36.2 Å². The van der Waals surface area contributed by atoms with E-state index >= 15 is 0 Å². The number of aryl methyl sites for hydroxylation is 1. The third-order valence-corrected chi connectivity index (χ3v) is 6.18. The van der Waals surface area contributed by atoms with Gasteiger partial charge in [-0.25, -0.2) is 9.97 Å². The molecule has 2 heterocycles. The molecule has 0 spiro atoms. The Morgan fingerprint density at radius 2 is 1.81 bits per heavy atom. The third kappa shape index (κ3) is 4.67. The number of ether oxygens (including phenoxy) is 2. The molecule has 0 radical (unpaired) electrons. The molecule has 1 saturated heterocycles. The number of nitrogens with one attached hydrogen (secondary N) is 1. The van der Waals surface area contributed by atoms with E-state index < -0.39 is 11.3 Å². The number of morpholine rings is 1. The van der Waals surface area contributed by atoms with Crippen LogP contribution in [0.15, 0.2) is 30.6 Å². The monoisotopic (exact) mass is 439 g/mol. The molecule has 170 valence electrons. The van der Waals surface area contributed by atoms with Crippen molar-refractivity contribution in [2.75, 3.05) is 36.5 Å². The van der Waals surface area contributed by atoms with Gasteiger partial charge in [0.05, 0.1) is 25.6 Å². The summed E-state index contributed by atoms with van der Waals surface area (Å²) in [6, 6.07) is 5.34. The summed E-state index contributed by atoms with van der Waals surface area (Å²) in [6.45, 7) is 4.76. The van der Waals surface area contributed by atoms with Gasteiger partial charge in [-0.05, 0) is 43.5 Å². The molecule has 0 atom stereocenters. The number of hydrogen-bond acceptors (Lipinski definition) is 7. The van der Waals surface area contributed by atoms with Crippen LogP contribution in [0.25, 0.3) is 0 Å². The van der Waals surface area contributed by atoms with Crippen LogP contribution in [0.1, 0.15) is 37.7 Å². The standard InChI is InChI=1S/C23H29N5O4/c1-16-13-17(27-21(30)23(20(24)29)7-3-2-4-8-23)5-6-19(16)32-18-14-25-22(26-15-18)28-9-11-31-12-10-28/h5-6,13-15H,2-4,7-12H2,1H3,(H2,24,29)(H,27,30). The summed E-state index contributed by atoms with van der Waals surface area (Å²) in [7, 11) is 0. The molecule has 1 aromatic carbocycles. The van der Waals surface area contributed by atoms with Crippen LogP contribution in [0.2, 0.25) is 0 Å². The maximum absolute atomic E-state index is 12.9. The van der Waals surface area contributed by atoms with Gasteiger partial charge in [0.2, 0.25) is 17.8 Å². The molecule has 1 aromatic heterocycles. The minimum Gasteiger partial charge on any atom is -0.454 e. The lowest BCUT2D eigenvalue weighted by atomic mass is 9.72. The van der Waals surface area contributed by atoms with Crippen molar-refractivity contribution in [2.24, 2.45) is 11.1 Å². The van der Waals surface area contributed by atoms with Crippen molar-refractivity contribution < 1.29 is 19.1 Å². The van der Waals surface area contributed by atoms with Crippen LogP contribution >= 0.6 is 0 Å². The SMILES string of the molecule is Cc1cc(NC(=O)C2(C(N)=O)CCCCC2)ccc1Oc1cnc(N2CCOCC2)nc1. The van der Waals surface area contributed by atoms with E-state index in [1.54, 1.807) is 24.5 Å². The van der Waals surface area contributed by atoms with Gasteiger partial charge in [-0.15, -0.1) is 0 Å². The first-order chi connectivity index (χ1) is 15.5. The van der Waals surface area contributed by atoms with Crippen molar-refractivity contribution in [2.45, 2.75) is 39.0 Å². The lowest BCUT2D eigenvalue weighted by Gasteiger charge is -2.32. The minimum atomic E-state index is -1.12. The summed E-state index contributed by atoms with van der Waals surface area (Å²) in [5.74, 6) is 0.933. The molecule has 4 rings (SSSR count). The highest BCUT2D eigenvalue weighted by atomic mass is 16.5. The average Bonchev–Trinajstić information content (AvgIpc) is 2.82. The fraction of sp³-hybridized carbons (Fsp3) is 0.478. The highest BCUT2D eigenvalue weighted by molar-refractivity contribution is 6.10. The van der Waals surface area contributed by atoms with Crippen LogP contribution in [0.4, 0.5) is 11.6 Å². The Labute approximate surface area is 187 Å². The van der Waals surface area contributed by atoms with Gasteiger partial charge >= 0.3 is 0 Å². The van der Waals surface area contributed by atoms with Crippen molar-refractivity contribution in [3.8, 4) is 11.5 Å². The summed E-state index contributed by atoms with van der Waals surface area (Å²) in [5.41, 5.74) is 5.92. The second-order valence-corrected chi connectivity index (χ2v) is 8.36. The van der Waals surface area contributed by atoms with Crippen molar-refractivity contribution in [1.29, 1.82) is 0 Å². The van der Waals surface area contributed by atoms with Crippen LogP contribution in [0.3, 0.4) is 0 Å². The van der Waals surface area contributed by atoms with Gasteiger partial charge in [-0.1, -0.05) is 19.3 Å². The predicted molar refractivity (Wildman–Crippen MR) is 120 cm³/mol. The molecule has 1 saturated carbocycles. The van der Waals surface area contributed by atoms with Crippen LogP contribution in [0, 0.1) is 12.3 Å². The number of anilines is 2. The van der Waals surface area contributed by atoms with E-state index in [1.807, 2.05) is 13.0 Å². The number of aromatic nitrogens is 2. The van der Waals surface area contributed by atoms with Gasteiger partial charge in [0.15, 0.2) is 5.75 Å². The molecule has 0 bridgehead atoms. The third-order valence-electron chi connectivity index (χ3n) is 6.18. The topological polar surface area (TPSA) is 120 Å². The van der Waals surface area contributed by atoms with Crippen molar-refractivity contribution >= 4 is 23.5 Å². The maximum atomic E-state index is 12.9. The van der Waals surface area contributed by atoms with Gasteiger partial charge in [0.1, 0.15) is 11.2 Å². The smallest absolute Gasteiger partial charge is 0.240 e.